The minimum Gasteiger partial charge on any atom is -0.398 e. The molecule has 0 fully saturated rings. The molecule has 1 radical (unpaired) electrons. The molecule has 4 heteroatoms. The van der Waals surface area contributed by atoms with Gasteiger partial charge in [0.05, 0.1) is 5.56 Å². The van der Waals surface area contributed by atoms with E-state index in [9.17, 15) is 9.59 Å². The number of carbonyl (C=O) groups excluding carboxylic acids is 2. The number of anilines is 1. The van der Waals surface area contributed by atoms with Gasteiger partial charge in [-0.25, -0.2) is 0 Å². The zero-order valence-electron chi connectivity index (χ0n) is 8.70. The molecule has 0 saturated heterocycles. The number of nitrogens with one attached hydrogen (secondary N) is 1. The SMILES string of the molecule is CC(C)C(=O)NC(=O)c1[c]cccc1N. The molecule has 0 spiro atoms. The Kier molecular flexibility index (Phi) is 3.44. The van der Waals surface area contributed by atoms with Crippen LogP contribution >= 0.6 is 0 Å². The summed E-state index contributed by atoms with van der Waals surface area (Å²) < 4.78 is 0. The lowest BCUT2D eigenvalue weighted by atomic mass is 10.1. The van der Waals surface area contributed by atoms with Crippen LogP contribution < -0.4 is 11.1 Å². The van der Waals surface area contributed by atoms with E-state index in [2.05, 4.69) is 11.4 Å². The third kappa shape index (κ3) is 2.80. The Morgan fingerprint density at radius 3 is 2.67 bits per heavy atom. The second-order valence-electron chi connectivity index (χ2n) is 3.47. The number of nitrogen functional groups attached to an aromatic ring is 1. The Labute approximate surface area is 88.5 Å². The third-order valence-electron chi connectivity index (χ3n) is 1.88. The van der Waals surface area contributed by atoms with E-state index in [0.717, 1.165) is 0 Å². The smallest absolute Gasteiger partial charge is 0.260 e. The minimum absolute atomic E-state index is 0.200. The minimum atomic E-state index is -0.508. The van der Waals surface area contributed by atoms with Crippen molar-refractivity contribution in [2.45, 2.75) is 13.8 Å². The molecule has 0 saturated carbocycles. The van der Waals surface area contributed by atoms with Crippen LogP contribution in [0.5, 0.6) is 0 Å². The van der Waals surface area contributed by atoms with E-state index in [0.29, 0.717) is 5.69 Å². The Morgan fingerprint density at radius 2 is 2.13 bits per heavy atom. The van der Waals surface area contributed by atoms with Crippen LogP contribution in [0.25, 0.3) is 0 Å². The first kappa shape index (κ1) is 11.2. The van der Waals surface area contributed by atoms with Crippen molar-refractivity contribution in [2.75, 3.05) is 5.73 Å². The summed E-state index contributed by atoms with van der Waals surface area (Å²) in [5.74, 6) is -1.07. The highest BCUT2D eigenvalue weighted by atomic mass is 16.2. The molecule has 1 aromatic rings. The molecule has 1 aromatic carbocycles. The normalized spacial score (nSPS) is 10.1. The van der Waals surface area contributed by atoms with Gasteiger partial charge in [0.25, 0.3) is 5.91 Å². The average molecular weight is 205 g/mol. The Morgan fingerprint density at radius 1 is 1.47 bits per heavy atom. The Balaban J connectivity index is 2.79. The first-order chi connectivity index (χ1) is 7.02. The molecular weight excluding hydrogens is 192 g/mol. The number of hydrogen-bond donors (Lipinski definition) is 2. The van der Waals surface area contributed by atoms with E-state index in [1.54, 1.807) is 32.0 Å². The average Bonchev–Trinajstić information content (AvgIpc) is 2.18. The first-order valence-electron chi connectivity index (χ1n) is 4.63. The number of benzene rings is 1. The second kappa shape index (κ2) is 4.59. The van der Waals surface area contributed by atoms with E-state index in [-0.39, 0.29) is 17.4 Å². The Bertz CT molecular complexity index is 386. The van der Waals surface area contributed by atoms with Gasteiger partial charge in [0.15, 0.2) is 0 Å². The lowest BCUT2D eigenvalue weighted by Crippen LogP contribution is -2.34. The van der Waals surface area contributed by atoms with Gasteiger partial charge >= 0.3 is 0 Å². The Hall–Kier alpha value is -1.84. The summed E-state index contributed by atoms with van der Waals surface area (Å²) in [5, 5.41) is 2.25. The molecule has 4 nitrogen and oxygen atoms in total. The standard InChI is InChI=1S/C11H13N2O2/c1-7(2)10(14)13-11(15)8-5-3-4-6-9(8)12/h3-4,6-7H,12H2,1-2H3,(H,13,14,15). The van der Waals surface area contributed by atoms with Crippen molar-refractivity contribution in [3.8, 4) is 0 Å². The number of hydrogen-bond acceptors (Lipinski definition) is 3. The van der Waals surface area contributed by atoms with E-state index in [4.69, 9.17) is 5.73 Å². The van der Waals surface area contributed by atoms with Crippen molar-refractivity contribution in [3.05, 3.63) is 29.8 Å². The van der Waals surface area contributed by atoms with E-state index >= 15 is 0 Å². The maximum absolute atomic E-state index is 11.5. The van der Waals surface area contributed by atoms with Crippen LogP contribution in [0.3, 0.4) is 0 Å². The zero-order chi connectivity index (χ0) is 11.4. The summed E-state index contributed by atoms with van der Waals surface area (Å²) in [6.07, 6.45) is 0. The summed E-state index contributed by atoms with van der Waals surface area (Å²) in [5.41, 5.74) is 6.08. The van der Waals surface area contributed by atoms with Crippen molar-refractivity contribution < 1.29 is 9.59 Å². The van der Waals surface area contributed by atoms with Crippen molar-refractivity contribution in [1.29, 1.82) is 0 Å². The summed E-state index contributed by atoms with van der Waals surface area (Å²) in [7, 11) is 0. The van der Waals surface area contributed by atoms with Crippen LogP contribution in [-0.2, 0) is 4.79 Å². The molecule has 0 aliphatic rings. The summed E-state index contributed by atoms with van der Waals surface area (Å²) in [6.45, 7) is 3.42. The number of amides is 2. The summed E-state index contributed by atoms with van der Waals surface area (Å²) >= 11 is 0. The molecule has 3 N–H and O–H groups in total. The monoisotopic (exact) mass is 205 g/mol. The van der Waals surface area contributed by atoms with Gasteiger partial charge in [0.1, 0.15) is 0 Å². The van der Waals surface area contributed by atoms with E-state index in [1.165, 1.54) is 0 Å². The predicted molar refractivity (Wildman–Crippen MR) is 57.0 cm³/mol. The topological polar surface area (TPSA) is 72.2 Å². The highest BCUT2D eigenvalue weighted by Crippen LogP contribution is 2.09. The van der Waals surface area contributed by atoms with Gasteiger partial charge in [0, 0.05) is 11.6 Å². The number of nitrogens with two attached hydrogens (primary N) is 1. The van der Waals surface area contributed by atoms with Gasteiger partial charge in [-0.05, 0) is 12.1 Å². The van der Waals surface area contributed by atoms with E-state index in [1.807, 2.05) is 0 Å². The molecule has 0 aliphatic heterocycles. The molecule has 2 amide bonds. The molecule has 0 atom stereocenters. The molecule has 0 aromatic heterocycles. The maximum atomic E-state index is 11.5. The summed E-state index contributed by atoms with van der Waals surface area (Å²) in [6, 6.07) is 7.53. The summed E-state index contributed by atoms with van der Waals surface area (Å²) in [4.78, 5) is 22.8. The third-order valence-corrected chi connectivity index (χ3v) is 1.88. The predicted octanol–water partition coefficient (Wildman–Crippen LogP) is 0.981. The molecule has 1 rings (SSSR count). The molecule has 0 bridgehead atoms. The number of imide groups is 1. The lowest BCUT2D eigenvalue weighted by molar-refractivity contribution is -0.122. The fourth-order valence-corrected chi connectivity index (χ4v) is 0.965. The van der Waals surface area contributed by atoms with Gasteiger partial charge < -0.3 is 5.73 Å². The molecule has 0 aliphatic carbocycles. The van der Waals surface area contributed by atoms with Crippen LogP contribution in [0.4, 0.5) is 5.69 Å². The molecule has 0 unspecified atom stereocenters. The molecule has 79 valence electrons. The molecule has 0 heterocycles. The van der Waals surface area contributed by atoms with Crippen LogP contribution in [0.2, 0.25) is 0 Å². The quantitative estimate of drug-likeness (QED) is 0.707. The van der Waals surface area contributed by atoms with Crippen molar-refractivity contribution in [1.82, 2.24) is 5.32 Å². The van der Waals surface area contributed by atoms with Gasteiger partial charge in [-0.2, -0.15) is 0 Å². The van der Waals surface area contributed by atoms with Gasteiger partial charge in [-0.1, -0.05) is 26.0 Å². The maximum Gasteiger partial charge on any atom is 0.260 e. The fourth-order valence-electron chi connectivity index (χ4n) is 0.965. The van der Waals surface area contributed by atoms with Gasteiger partial charge in [0.2, 0.25) is 5.91 Å². The highest BCUT2D eigenvalue weighted by molar-refractivity contribution is 6.07. The lowest BCUT2D eigenvalue weighted by Gasteiger charge is -2.07. The number of carbonyl (C=O) groups is 2. The van der Waals surface area contributed by atoms with Gasteiger partial charge in [-0.15, -0.1) is 0 Å². The largest absolute Gasteiger partial charge is 0.398 e. The zero-order valence-corrected chi connectivity index (χ0v) is 8.70. The molecule has 15 heavy (non-hydrogen) atoms. The van der Waals surface area contributed by atoms with Crippen LogP contribution in [0.1, 0.15) is 24.2 Å². The number of rotatable bonds is 2. The van der Waals surface area contributed by atoms with Gasteiger partial charge in [-0.3, -0.25) is 14.9 Å². The van der Waals surface area contributed by atoms with E-state index < -0.39 is 5.91 Å². The van der Waals surface area contributed by atoms with Crippen molar-refractivity contribution in [2.24, 2.45) is 5.92 Å². The first-order valence-corrected chi connectivity index (χ1v) is 4.63. The second-order valence-corrected chi connectivity index (χ2v) is 3.47. The van der Waals surface area contributed by atoms with Crippen molar-refractivity contribution >= 4 is 17.5 Å². The molecular formula is C11H13N2O2. The highest BCUT2D eigenvalue weighted by Gasteiger charge is 2.14. The van der Waals surface area contributed by atoms with Crippen LogP contribution in [-0.4, -0.2) is 11.8 Å². The fraction of sp³-hybridized carbons (Fsp3) is 0.273. The van der Waals surface area contributed by atoms with Crippen molar-refractivity contribution in [3.63, 3.8) is 0 Å². The van der Waals surface area contributed by atoms with Crippen LogP contribution in [0, 0.1) is 12.0 Å². The van der Waals surface area contributed by atoms with Crippen LogP contribution in [0.15, 0.2) is 18.2 Å².